The minimum absolute atomic E-state index is 0.0869. The van der Waals surface area contributed by atoms with Gasteiger partial charge in [-0.3, -0.25) is 4.79 Å². The molecule has 0 bridgehead atoms. The van der Waals surface area contributed by atoms with Crippen LogP contribution in [0.3, 0.4) is 0 Å². The van der Waals surface area contributed by atoms with Crippen LogP contribution in [0.1, 0.15) is 21.5 Å². The Balaban J connectivity index is 2.21. The number of hydrogen-bond acceptors (Lipinski definition) is 1. The number of hydrogen-bond donors (Lipinski definition) is 0. The van der Waals surface area contributed by atoms with E-state index in [4.69, 9.17) is 0 Å². The molecule has 3 aromatic carbocycles. The lowest BCUT2D eigenvalue weighted by Crippen LogP contribution is -2.05. The van der Waals surface area contributed by atoms with Crippen molar-refractivity contribution in [3.05, 3.63) is 81.6 Å². The van der Waals surface area contributed by atoms with Crippen molar-refractivity contribution in [1.29, 1.82) is 0 Å². The number of benzene rings is 3. The minimum Gasteiger partial charge on any atom is -0.289 e. The van der Waals surface area contributed by atoms with Crippen LogP contribution in [-0.4, -0.2) is 5.78 Å². The molecule has 3 rings (SSSR count). The second kappa shape index (κ2) is 5.41. The van der Waals surface area contributed by atoms with Gasteiger partial charge in [-0.25, -0.2) is 4.39 Å². The Hall–Kier alpha value is -2.00. The summed E-state index contributed by atoms with van der Waals surface area (Å²) in [6.07, 6.45) is 0. The van der Waals surface area contributed by atoms with E-state index in [9.17, 15) is 9.18 Å². The third-order valence-corrected chi connectivity index (χ3v) is 4.04. The van der Waals surface area contributed by atoms with Crippen molar-refractivity contribution in [2.75, 3.05) is 0 Å². The largest absolute Gasteiger partial charge is 0.289 e. The monoisotopic (exact) mass is 342 g/mol. The van der Waals surface area contributed by atoms with Crippen LogP contribution in [0.25, 0.3) is 10.8 Å². The molecule has 104 valence electrons. The Morgan fingerprint density at radius 2 is 1.62 bits per heavy atom. The molecule has 1 nitrogen and oxygen atoms in total. The first-order valence-electron chi connectivity index (χ1n) is 6.56. The number of carbonyl (C=O) groups is 1. The van der Waals surface area contributed by atoms with Crippen molar-refractivity contribution in [1.82, 2.24) is 0 Å². The van der Waals surface area contributed by atoms with Crippen molar-refractivity contribution in [2.45, 2.75) is 6.92 Å². The van der Waals surface area contributed by atoms with E-state index in [0.29, 0.717) is 21.9 Å². The maximum atomic E-state index is 13.8. The number of ketones is 1. The molecule has 0 aromatic heterocycles. The molecule has 0 unspecified atom stereocenters. The third kappa shape index (κ3) is 2.49. The number of fused-ring (bicyclic) bond motifs is 1. The van der Waals surface area contributed by atoms with E-state index in [2.05, 4.69) is 15.9 Å². The molecule has 0 amide bonds. The van der Waals surface area contributed by atoms with Crippen molar-refractivity contribution in [2.24, 2.45) is 0 Å². The molecule has 0 N–H and O–H groups in total. The quantitative estimate of drug-likeness (QED) is 0.579. The van der Waals surface area contributed by atoms with Crippen LogP contribution >= 0.6 is 15.9 Å². The lowest BCUT2D eigenvalue weighted by Gasteiger charge is -2.09. The first-order chi connectivity index (χ1) is 10.1. The fourth-order valence-corrected chi connectivity index (χ4v) is 2.96. The summed E-state index contributed by atoms with van der Waals surface area (Å²) >= 11 is 3.39. The van der Waals surface area contributed by atoms with Gasteiger partial charge in [-0.1, -0.05) is 40.2 Å². The molecule has 0 spiro atoms. The molecular formula is C18H12BrFO. The second-order valence-electron chi connectivity index (χ2n) is 4.93. The number of carbonyl (C=O) groups excluding carboxylic acids is 1. The van der Waals surface area contributed by atoms with Crippen LogP contribution in [0.15, 0.2) is 59.1 Å². The maximum Gasteiger partial charge on any atom is 0.193 e. The summed E-state index contributed by atoms with van der Waals surface area (Å²) in [4.78, 5) is 12.8. The van der Waals surface area contributed by atoms with Gasteiger partial charge < -0.3 is 0 Å². The molecular weight excluding hydrogens is 331 g/mol. The molecule has 0 aliphatic heterocycles. The van der Waals surface area contributed by atoms with E-state index >= 15 is 0 Å². The van der Waals surface area contributed by atoms with Crippen LogP contribution in [0, 0.1) is 12.7 Å². The van der Waals surface area contributed by atoms with Crippen molar-refractivity contribution < 1.29 is 9.18 Å². The molecule has 0 saturated carbocycles. The van der Waals surface area contributed by atoms with E-state index in [-0.39, 0.29) is 11.6 Å². The first kappa shape index (κ1) is 14.0. The topological polar surface area (TPSA) is 17.1 Å². The summed E-state index contributed by atoms with van der Waals surface area (Å²) in [5.41, 5.74) is 2.05. The predicted molar refractivity (Wildman–Crippen MR) is 86.2 cm³/mol. The fourth-order valence-electron chi connectivity index (χ4n) is 2.49. The first-order valence-corrected chi connectivity index (χ1v) is 7.35. The third-order valence-electron chi connectivity index (χ3n) is 3.55. The Kier molecular flexibility index (Phi) is 3.60. The van der Waals surface area contributed by atoms with E-state index in [1.54, 1.807) is 30.3 Å². The molecule has 0 radical (unpaired) electrons. The van der Waals surface area contributed by atoms with Gasteiger partial charge in [-0.05, 0) is 48.2 Å². The van der Waals surface area contributed by atoms with Gasteiger partial charge >= 0.3 is 0 Å². The molecule has 0 saturated heterocycles. The van der Waals surface area contributed by atoms with E-state index in [0.717, 1.165) is 10.0 Å². The molecule has 21 heavy (non-hydrogen) atoms. The average Bonchev–Trinajstić information content (AvgIpc) is 2.47. The Labute approximate surface area is 130 Å². The second-order valence-corrected chi connectivity index (χ2v) is 5.84. The maximum absolute atomic E-state index is 13.8. The zero-order valence-electron chi connectivity index (χ0n) is 11.4. The molecule has 0 fully saturated rings. The molecule has 0 aliphatic rings. The highest BCUT2D eigenvalue weighted by atomic mass is 79.9. The summed E-state index contributed by atoms with van der Waals surface area (Å²) in [5.74, 6) is -0.397. The van der Waals surface area contributed by atoms with Crippen LogP contribution < -0.4 is 0 Å². The summed E-state index contributed by atoms with van der Waals surface area (Å²) in [6.45, 7) is 1.89. The van der Waals surface area contributed by atoms with Gasteiger partial charge in [-0.15, -0.1) is 0 Å². The van der Waals surface area contributed by atoms with Gasteiger partial charge in [0.05, 0.1) is 0 Å². The molecule has 0 atom stereocenters. The Bertz CT molecular complexity index is 855. The molecule has 3 aromatic rings. The van der Waals surface area contributed by atoms with Crippen molar-refractivity contribution >= 4 is 32.5 Å². The van der Waals surface area contributed by atoms with E-state index in [1.165, 1.54) is 6.07 Å². The van der Waals surface area contributed by atoms with Gasteiger partial charge in [-0.2, -0.15) is 0 Å². The van der Waals surface area contributed by atoms with Crippen LogP contribution in [0.5, 0.6) is 0 Å². The number of halogens is 2. The molecule has 0 heterocycles. The van der Waals surface area contributed by atoms with Gasteiger partial charge in [0.2, 0.25) is 0 Å². The van der Waals surface area contributed by atoms with Crippen molar-refractivity contribution in [3.63, 3.8) is 0 Å². The smallest absolute Gasteiger partial charge is 0.193 e. The zero-order valence-corrected chi connectivity index (χ0v) is 12.9. The summed E-state index contributed by atoms with van der Waals surface area (Å²) in [7, 11) is 0. The number of aryl methyl sites for hydroxylation is 1. The lowest BCUT2D eigenvalue weighted by atomic mass is 9.95. The Morgan fingerprint density at radius 3 is 2.33 bits per heavy atom. The van der Waals surface area contributed by atoms with E-state index < -0.39 is 0 Å². The zero-order chi connectivity index (χ0) is 15.0. The highest BCUT2D eigenvalue weighted by Gasteiger charge is 2.16. The van der Waals surface area contributed by atoms with Crippen LogP contribution in [0.2, 0.25) is 0 Å². The summed E-state index contributed by atoms with van der Waals surface area (Å²) < 4.78 is 14.8. The van der Waals surface area contributed by atoms with Gasteiger partial charge in [0, 0.05) is 21.0 Å². The highest BCUT2D eigenvalue weighted by molar-refractivity contribution is 9.10. The highest BCUT2D eigenvalue weighted by Crippen LogP contribution is 2.26. The normalized spacial score (nSPS) is 10.8. The van der Waals surface area contributed by atoms with Gasteiger partial charge in [0.15, 0.2) is 5.78 Å². The van der Waals surface area contributed by atoms with Gasteiger partial charge in [0.1, 0.15) is 5.82 Å². The summed E-state index contributed by atoms with van der Waals surface area (Å²) in [6, 6.07) is 15.5. The SMILES string of the molecule is Cc1cc(Br)ccc1C(=O)c1ccc(F)c2ccccc12. The summed E-state index contributed by atoms with van der Waals surface area (Å²) in [5, 5.41) is 1.11. The predicted octanol–water partition coefficient (Wildman–Crippen LogP) is 5.28. The molecule has 0 aliphatic carbocycles. The van der Waals surface area contributed by atoms with Crippen LogP contribution in [0.4, 0.5) is 4.39 Å². The molecule has 3 heteroatoms. The Morgan fingerprint density at radius 1 is 0.952 bits per heavy atom. The standard InChI is InChI=1S/C18H12BrFO/c1-11-10-12(19)6-7-13(11)18(21)16-8-9-17(20)15-5-3-2-4-14(15)16/h2-10H,1H3. The van der Waals surface area contributed by atoms with Crippen LogP contribution in [-0.2, 0) is 0 Å². The average molecular weight is 343 g/mol. The fraction of sp³-hybridized carbons (Fsp3) is 0.0556. The van der Waals surface area contributed by atoms with Gasteiger partial charge in [0.25, 0.3) is 0 Å². The van der Waals surface area contributed by atoms with E-state index in [1.807, 2.05) is 25.1 Å². The van der Waals surface area contributed by atoms with Crippen molar-refractivity contribution in [3.8, 4) is 0 Å². The lowest BCUT2D eigenvalue weighted by molar-refractivity contribution is 0.103. The number of rotatable bonds is 2. The minimum atomic E-state index is -0.310.